The van der Waals surface area contributed by atoms with Crippen LogP contribution in [0.25, 0.3) is 0 Å². The van der Waals surface area contributed by atoms with Gasteiger partial charge in [-0.2, -0.15) is 0 Å². The van der Waals surface area contributed by atoms with Crippen LogP contribution >= 0.6 is 0 Å². The maximum atomic E-state index is 12.1. The minimum atomic E-state index is -0.273. The first-order valence-corrected chi connectivity index (χ1v) is 7.61. The van der Waals surface area contributed by atoms with Crippen LogP contribution in [0.3, 0.4) is 0 Å². The van der Waals surface area contributed by atoms with Crippen molar-refractivity contribution in [2.45, 2.75) is 44.9 Å². The van der Waals surface area contributed by atoms with Gasteiger partial charge in [0.05, 0.1) is 11.8 Å². The Balaban J connectivity index is 1.98. The summed E-state index contributed by atoms with van der Waals surface area (Å²) in [5.41, 5.74) is 2.32. The third-order valence-electron chi connectivity index (χ3n) is 5.50. The summed E-state index contributed by atoms with van der Waals surface area (Å²) in [6.45, 7) is 5.78. The zero-order valence-electron chi connectivity index (χ0n) is 12.1. The fourth-order valence-electron chi connectivity index (χ4n) is 4.52. The van der Waals surface area contributed by atoms with E-state index in [0.29, 0.717) is 11.3 Å². The molecule has 0 amide bonds. The SMILES string of the molecule is C=COC(=O)c1ccccc1C1CC2CCC1(CC)C2. The highest BCUT2D eigenvalue weighted by Crippen LogP contribution is 2.63. The highest BCUT2D eigenvalue weighted by atomic mass is 16.5. The quantitative estimate of drug-likeness (QED) is 0.587. The standard InChI is InChI=1S/C18H22O2/c1-3-18-10-9-13(12-18)11-16(18)14-7-5-6-8-15(14)17(19)20-4-2/h4-8,13,16H,2-3,9-12H2,1H3. The van der Waals surface area contributed by atoms with Crippen molar-refractivity contribution in [2.75, 3.05) is 0 Å². The third-order valence-corrected chi connectivity index (χ3v) is 5.50. The molecule has 0 spiro atoms. The first-order chi connectivity index (χ1) is 9.70. The number of benzene rings is 1. The number of hydrogen-bond donors (Lipinski definition) is 0. The molecule has 0 heterocycles. The fraction of sp³-hybridized carbons (Fsp3) is 0.500. The molecule has 106 valence electrons. The van der Waals surface area contributed by atoms with Crippen LogP contribution < -0.4 is 0 Å². The van der Waals surface area contributed by atoms with Gasteiger partial charge in [-0.25, -0.2) is 4.79 Å². The van der Waals surface area contributed by atoms with Crippen molar-refractivity contribution in [2.24, 2.45) is 11.3 Å². The number of esters is 1. The molecule has 1 aromatic rings. The normalized spacial score (nSPS) is 31.2. The molecule has 1 aromatic carbocycles. The molecule has 0 aromatic heterocycles. The first kappa shape index (κ1) is 13.4. The molecule has 0 saturated heterocycles. The Kier molecular flexibility index (Phi) is 3.41. The lowest BCUT2D eigenvalue weighted by molar-refractivity contribution is 0.0660. The zero-order chi connectivity index (χ0) is 14.2. The second kappa shape index (κ2) is 5.08. The van der Waals surface area contributed by atoms with E-state index in [4.69, 9.17) is 4.74 Å². The lowest BCUT2D eigenvalue weighted by Gasteiger charge is -2.35. The van der Waals surface area contributed by atoms with Gasteiger partial charge in [0.25, 0.3) is 0 Å². The number of ether oxygens (including phenoxy) is 1. The number of fused-ring (bicyclic) bond motifs is 2. The average molecular weight is 270 g/mol. The molecule has 2 heteroatoms. The molecule has 3 atom stereocenters. The van der Waals surface area contributed by atoms with E-state index in [1.807, 2.05) is 18.2 Å². The molecule has 2 aliphatic carbocycles. The molecule has 2 nitrogen and oxygen atoms in total. The Morgan fingerprint density at radius 2 is 2.30 bits per heavy atom. The summed E-state index contributed by atoms with van der Waals surface area (Å²) >= 11 is 0. The lowest BCUT2D eigenvalue weighted by atomic mass is 9.69. The van der Waals surface area contributed by atoms with Gasteiger partial charge in [-0.15, -0.1) is 0 Å². The van der Waals surface area contributed by atoms with Crippen molar-refractivity contribution < 1.29 is 9.53 Å². The third kappa shape index (κ3) is 1.98. The molecular weight excluding hydrogens is 248 g/mol. The van der Waals surface area contributed by atoms with E-state index in [1.54, 1.807) is 0 Å². The Morgan fingerprint density at radius 1 is 1.50 bits per heavy atom. The van der Waals surface area contributed by atoms with Crippen LogP contribution in [0.1, 0.15) is 60.9 Å². The fourth-order valence-corrected chi connectivity index (χ4v) is 4.52. The number of carbonyl (C=O) groups excluding carboxylic acids is 1. The summed E-state index contributed by atoms with van der Waals surface area (Å²) in [5, 5.41) is 0. The van der Waals surface area contributed by atoms with Gasteiger partial charge in [0, 0.05) is 0 Å². The van der Waals surface area contributed by atoms with Gasteiger partial charge in [-0.3, -0.25) is 0 Å². The van der Waals surface area contributed by atoms with Crippen molar-refractivity contribution in [3.63, 3.8) is 0 Å². The highest BCUT2D eigenvalue weighted by molar-refractivity contribution is 5.91. The average Bonchev–Trinajstić information content (AvgIpc) is 3.06. The Hall–Kier alpha value is -1.57. The summed E-state index contributed by atoms with van der Waals surface area (Å²) in [5.74, 6) is 1.09. The molecule has 0 N–H and O–H groups in total. The largest absolute Gasteiger partial charge is 0.432 e. The summed E-state index contributed by atoms with van der Waals surface area (Å²) in [6.07, 6.45) is 7.66. The van der Waals surface area contributed by atoms with Gasteiger partial charge in [-0.05, 0) is 61.0 Å². The number of hydrogen-bond acceptors (Lipinski definition) is 2. The molecule has 3 rings (SSSR count). The molecule has 2 aliphatic rings. The smallest absolute Gasteiger partial charge is 0.343 e. The van der Waals surface area contributed by atoms with Gasteiger partial charge in [0.2, 0.25) is 0 Å². The van der Waals surface area contributed by atoms with E-state index in [-0.39, 0.29) is 5.97 Å². The van der Waals surface area contributed by atoms with Crippen molar-refractivity contribution in [3.8, 4) is 0 Å². The second-order valence-electron chi connectivity index (χ2n) is 6.27. The predicted molar refractivity (Wildman–Crippen MR) is 79.5 cm³/mol. The van der Waals surface area contributed by atoms with Crippen molar-refractivity contribution in [3.05, 3.63) is 48.2 Å². The van der Waals surface area contributed by atoms with Gasteiger partial charge in [-0.1, -0.05) is 31.7 Å². The van der Waals surface area contributed by atoms with Crippen molar-refractivity contribution in [1.82, 2.24) is 0 Å². The van der Waals surface area contributed by atoms with Crippen LogP contribution in [0.15, 0.2) is 37.1 Å². The van der Waals surface area contributed by atoms with Crippen LogP contribution in [0.2, 0.25) is 0 Å². The second-order valence-corrected chi connectivity index (χ2v) is 6.27. The van der Waals surface area contributed by atoms with E-state index >= 15 is 0 Å². The number of rotatable bonds is 4. The minimum Gasteiger partial charge on any atom is -0.432 e. The van der Waals surface area contributed by atoms with Gasteiger partial charge < -0.3 is 4.74 Å². The molecule has 0 radical (unpaired) electrons. The molecule has 2 saturated carbocycles. The predicted octanol–water partition coefficient (Wildman–Crippen LogP) is 4.67. The Bertz CT molecular complexity index is 534. The lowest BCUT2D eigenvalue weighted by Crippen LogP contribution is -2.24. The van der Waals surface area contributed by atoms with E-state index in [9.17, 15) is 4.79 Å². The first-order valence-electron chi connectivity index (χ1n) is 7.61. The van der Waals surface area contributed by atoms with E-state index in [2.05, 4.69) is 19.6 Å². The molecule has 20 heavy (non-hydrogen) atoms. The molecule has 2 bridgehead atoms. The van der Waals surface area contributed by atoms with Crippen LogP contribution in [-0.4, -0.2) is 5.97 Å². The van der Waals surface area contributed by atoms with E-state index in [0.717, 1.165) is 11.5 Å². The van der Waals surface area contributed by atoms with E-state index in [1.165, 1.54) is 43.9 Å². The molecule has 0 aliphatic heterocycles. The zero-order valence-corrected chi connectivity index (χ0v) is 12.1. The highest BCUT2D eigenvalue weighted by Gasteiger charge is 2.51. The summed E-state index contributed by atoms with van der Waals surface area (Å²) in [4.78, 5) is 12.1. The van der Waals surface area contributed by atoms with Gasteiger partial charge in [0.1, 0.15) is 0 Å². The van der Waals surface area contributed by atoms with Crippen LogP contribution in [-0.2, 0) is 4.74 Å². The van der Waals surface area contributed by atoms with Crippen LogP contribution in [0.4, 0.5) is 0 Å². The molecular formula is C18H22O2. The van der Waals surface area contributed by atoms with Gasteiger partial charge >= 0.3 is 5.97 Å². The Morgan fingerprint density at radius 3 is 3.00 bits per heavy atom. The maximum Gasteiger partial charge on any atom is 0.343 e. The summed E-state index contributed by atoms with van der Waals surface area (Å²) < 4.78 is 5.00. The Labute approximate surface area is 120 Å². The molecule has 2 fully saturated rings. The number of carbonyl (C=O) groups is 1. The summed E-state index contributed by atoms with van der Waals surface area (Å²) in [6, 6.07) is 7.95. The van der Waals surface area contributed by atoms with Gasteiger partial charge in [0.15, 0.2) is 0 Å². The minimum absolute atomic E-state index is 0.273. The summed E-state index contributed by atoms with van der Waals surface area (Å²) in [7, 11) is 0. The molecule has 3 unspecified atom stereocenters. The van der Waals surface area contributed by atoms with Crippen molar-refractivity contribution in [1.29, 1.82) is 0 Å². The van der Waals surface area contributed by atoms with Crippen LogP contribution in [0, 0.1) is 11.3 Å². The monoisotopic (exact) mass is 270 g/mol. The van der Waals surface area contributed by atoms with Crippen LogP contribution in [0.5, 0.6) is 0 Å². The topological polar surface area (TPSA) is 26.3 Å². The van der Waals surface area contributed by atoms with E-state index < -0.39 is 0 Å². The maximum absolute atomic E-state index is 12.1. The van der Waals surface area contributed by atoms with Crippen molar-refractivity contribution >= 4 is 5.97 Å².